The number of pyridine rings is 1. The molecular formula is C28H27F3N4O3. The molecule has 198 valence electrons. The quantitative estimate of drug-likeness (QED) is 0.296. The molecule has 5 rings (SSSR count). The van der Waals surface area contributed by atoms with Crippen molar-refractivity contribution in [3.05, 3.63) is 78.0 Å². The largest absolute Gasteiger partial charge is 0.451 e. The number of amides is 1. The van der Waals surface area contributed by atoms with Crippen LogP contribution in [0.3, 0.4) is 0 Å². The Kier molecular flexibility index (Phi) is 6.73. The van der Waals surface area contributed by atoms with Gasteiger partial charge in [0.2, 0.25) is 0 Å². The number of hydrogen-bond donors (Lipinski definition) is 0. The lowest BCUT2D eigenvalue weighted by Crippen LogP contribution is -2.42. The van der Waals surface area contributed by atoms with Gasteiger partial charge in [-0.25, -0.2) is 22.6 Å². The molecule has 38 heavy (non-hydrogen) atoms. The third-order valence-corrected chi connectivity index (χ3v) is 6.25. The molecule has 0 N–H and O–H groups in total. The number of rotatable bonds is 4. The van der Waals surface area contributed by atoms with E-state index < -0.39 is 34.9 Å². The topological polar surface area (TPSA) is 69.5 Å². The van der Waals surface area contributed by atoms with E-state index in [1.165, 1.54) is 12.3 Å². The van der Waals surface area contributed by atoms with Gasteiger partial charge in [-0.3, -0.25) is 4.98 Å². The van der Waals surface area contributed by atoms with Crippen LogP contribution in [0.5, 0.6) is 11.5 Å². The van der Waals surface area contributed by atoms with Gasteiger partial charge in [0.25, 0.3) is 0 Å². The maximum atomic E-state index is 15.1. The fraction of sp³-hybridized carbons (Fsp3) is 0.321. The third-order valence-electron chi connectivity index (χ3n) is 6.25. The molecule has 0 radical (unpaired) electrons. The standard InChI is InChI=1S/C28H27F3N4O3/c1-28(2,3)38-27(36)34-13-5-6-17(16-34)25-24-22(31)14-32-15-23(24)35(33-25)18-9-11-19(12-10-18)37-26-20(29)7-4-8-21(26)30/h4,7-12,14-15,17H,5-6,13,16H2,1-3H3. The fourth-order valence-electron chi connectivity index (χ4n) is 4.58. The van der Waals surface area contributed by atoms with Crippen molar-refractivity contribution in [1.82, 2.24) is 19.7 Å². The summed E-state index contributed by atoms with van der Waals surface area (Å²) < 4.78 is 55.5. The molecular weight excluding hydrogens is 497 g/mol. The second kappa shape index (κ2) is 10.00. The Labute approximate surface area is 217 Å². The molecule has 1 amide bonds. The number of nitrogens with zero attached hydrogens (tertiary/aromatic N) is 4. The summed E-state index contributed by atoms with van der Waals surface area (Å²) in [5, 5.41) is 5.09. The van der Waals surface area contributed by atoms with Crippen LogP contribution in [-0.4, -0.2) is 44.4 Å². The maximum Gasteiger partial charge on any atom is 0.410 e. The molecule has 1 aliphatic rings. The number of para-hydroxylation sites is 1. The summed E-state index contributed by atoms with van der Waals surface area (Å²) in [5.74, 6) is -2.61. The number of carbonyl (C=O) groups excluding carboxylic acids is 1. The first kappa shape index (κ1) is 25.6. The van der Waals surface area contributed by atoms with Crippen molar-refractivity contribution in [1.29, 1.82) is 0 Å². The highest BCUT2D eigenvalue weighted by atomic mass is 19.1. The Morgan fingerprint density at radius 2 is 1.71 bits per heavy atom. The van der Waals surface area contributed by atoms with Crippen molar-refractivity contribution >= 4 is 17.0 Å². The number of aromatic nitrogens is 3. The van der Waals surface area contributed by atoms with E-state index in [0.717, 1.165) is 31.2 Å². The van der Waals surface area contributed by atoms with Crippen LogP contribution in [0.15, 0.2) is 54.9 Å². The van der Waals surface area contributed by atoms with Crippen molar-refractivity contribution in [3.63, 3.8) is 0 Å². The van der Waals surface area contributed by atoms with E-state index in [2.05, 4.69) is 4.98 Å². The van der Waals surface area contributed by atoms with Crippen molar-refractivity contribution in [3.8, 4) is 17.2 Å². The molecule has 1 aliphatic heterocycles. The lowest BCUT2D eigenvalue weighted by Gasteiger charge is -2.33. The molecule has 0 aliphatic carbocycles. The van der Waals surface area contributed by atoms with Crippen LogP contribution in [0.2, 0.25) is 0 Å². The normalized spacial score (nSPS) is 16.1. The molecule has 7 nitrogen and oxygen atoms in total. The summed E-state index contributed by atoms with van der Waals surface area (Å²) in [6, 6.07) is 9.89. The molecule has 1 fully saturated rings. The first-order valence-electron chi connectivity index (χ1n) is 12.3. The zero-order valence-corrected chi connectivity index (χ0v) is 21.2. The van der Waals surface area contributed by atoms with Gasteiger partial charge in [0, 0.05) is 19.0 Å². The summed E-state index contributed by atoms with van der Waals surface area (Å²) in [4.78, 5) is 18.3. The smallest absolute Gasteiger partial charge is 0.410 e. The Hall–Kier alpha value is -4.08. The molecule has 0 spiro atoms. The van der Waals surface area contributed by atoms with E-state index >= 15 is 4.39 Å². The summed E-state index contributed by atoms with van der Waals surface area (Å²) >= 11 is 0. The van der Waals surface area contributed by atoms with Crippen LogP contribution < -0.4 is 4.74 Å². The number of fused-ring (bicyclic) bond motifs is 1. The first-order valence-corrected chi connectivity index (χ1v) is 12.3. The second-order valence-electron chi connectivity index (χ2n) is 10.2. The van der Waals surface area contributed by atoms with E-state index in [4.69, 9.17) is 14.6 Å². The predicted octanol–water partition coefficient (Wildman–Crippen LogP) is 6.74. The molecule has 1 atom stereocenters. The minimum atomic E-state index is -0.814. The summed E-state index contributed by atoms with van der Waals surface area (Å²) in [6.07, 6.45) is 3.72. The molecule has 1 saturated heterocycles. The van der Waals surface area contributed by atoms with Gasteiger partial charge < -0.3 is 14.4 Å². The average molecular weight is 525 g/mol. The van der Waals surface area contributed by atoms with Crippen LogP contribution >= 0.6 is 0 Å². The Morgan fingerprint density at radius 3 is 2.39 bits per heavy atom. The van der Waals surface area contributed by atoms with Crippen LogP contribution in [0, 0.1) is 17.5 Å². The minimum Gasteiger partial charge on any atom is -0.451 e. The Bertz CT molecular complexity index is 1460. The number of likely N-dealkylation sites (tertiary alicyclic amines) is 1. The molecule has 0 saturated carbocycles. The zero-order valence-electron chi connectivity index (χ0n) is 21.2. The molecule has 3 heterocycles. The van der Waals surface area contributed by atoms with Crippen LogP contribution in [0.4, 0.5) is 18.0 Å². The second-order valence-corrected chi connectivity index (χ2v) is 10.2. The van der Waals surface area contributed by atoms with Crippen molar-refractivity contribution < 1.29 is 27.4 Å². The van der Waals surface area contributed by atoms with Gasteiger partial charge in [-0.05, 0) is 70.0 Å². The van der Waals surface area contributed by atoms with E-state index in [1.807, 2.05) is 20.8 Å². The van der Waals surface area contributed by atoms with E-state index in [1.54, 1.807) is 33.8 Å². The lowest BCUT2D eigenvalue weighted by molar-refractivity contribution is 0.0197. The van der Waals surface area contributed by atoms with Crippen LogP contribution in [0.25, 0.3) is 16.6 Å². The van der Waals surface area contributed by atoms with Gasteiger partial charge in [0.1, 0.15) is 11.4 Å². The molecule has 4 aromatic rings. The van der Waals surface area contributed by atoms with E-state index in [9.17, 15) is 13.6 Å². The van der Waals surface area contributed by atoms with Crippen LogP contribution in [-0.2, 0) is 4.74 Å². The summed E-state index contributed by atoms with van der Waals surface area (Å²) in [7, 11) is 0. The lowest BCUT2D eigenvalue weighted by atomic mass is 9.93. The van der Waals surface area contributed by atoms with Gasteiger partial charge >= 0.3 is 6.09 Å². The van der Waals surface area contributed by atoms with E-state index in [-0.39, 0.29) is 11.7 Å². The summed E-state index contributed by atoms with van der Waals surface area (Å²) in [6.45, 7) is 6.34. The number of benzene rings is 2. The SMILES string of the molecule is CC(C)(C)OC(=O)N1CCCC(c2nn(-c3ccc(Oc4c(F)cccc4F)cc3)c3cncc(F)c23)C1. The number of hydrogen-bond acceptors (Lipinski definition) is 5. The molecule has 2 aromatic carbocycles. The molecule has 0 bridgehead atoms. The zero-order chi connectivity index (χ0) is 27.0. The molecule has 10 heteroatoms. The minimum absolute atomic E-state index is 0.205. The fourth-order valence-corrected chi connectivity index (χ4v) is 4.58. The predicted molar refractivity (Wildman–Crippen MR) is 135 cm³/mol. The number of carbonyl (C=O) groups is 1. The first-order chi connectivity index (χ1) is 18.1. The Morgan fingerprint density at radius 1 is 1.00 bits per heavy atom. The van der Waals surface area contributed by atoms with Crippen molar-refractivity contribution in [2.24, 2.45) is 0 Å². The Balaban J connectivity index is 1.46. The van der Waals surface area contributed by atoms with Gasteiger partial charge in [-0.15, -0.1) is 0 Å². The van der Waals surface area contributed by atoms with Gasteiger partial charge in [0.05, 0.1) is 34.7 Å². The monoisotopic (exact) mass is 524 g/mol. The van der Waals surface area contributed by atoms with Crippen molar-refractivity contribution in [2.45, 2.75) is 45.1 Å². The highest BCUT2D eigenvalue weighted by Gasteiger charge is 2.32. The molecule has 1 unspecified atom stereocenters. The van der Waals surface area contributed by atoms with Gasteiger partial charge in [-0.2, -0.15) is 5.10 Å². The maximum absolute atomic E-state index is 15.1. The van der Waals surface area contributed by atoms with Gasteiger partial charge in [-0.1, -0.05) is 6.07 Å². The molecule has 2 aromatic heterocycles. The summed E-state index contributed by atoms with van der Waals surface area (Å²) in [5.41, 5.74) is 0.948. The number of halogens is 3. The number of piperidine rings is 1. The average Bonchev–Trinajstić information content (AvgIpc) is 3.27. The number of ether oxygens (including phenoxy) is 2. The highest BCUT2D eigenvalue weighted by Crippen LogP contribution is 2.35. The van der Waals surface area contributed by atoms with Crippen LogP contribution in [0.1, 0.15) is 45.2 Å². The van der Waals surface area contributed by atoms with Gasteiger partial charge in [0.15, 0.2) is 23.2 Å². The van der Waals surface area contributed by atoms with Crippen molar-refractivity contribution in [2.75, 3.05) is 13.1 Å². The van der Waals surface area contributed by atoms with E-state index in [0.29, 0.717) is 35.4 Å². The third kappa shape index (κ3) is 5.16. The highest BCUT2D eigenvalue weighted by molar-refractivity contribution is 5.84.